The Morgan fingerprint density at radius 3 is 1.84 bits per heavy atom. The van der Waals surface area contributed by atoms with Crippen molar-refractivity contribution < 1.29 is 9.90 Å². The number of amides is 1. The first-order chi connectivity index (χ1) is 21.1. The maximum absolute atomic E-state index is 12.1. The van der Waals surface area contributed by atoms with Gasteiger partial charge in [0.15, 0.2) is 0 Å². The lowest BCUT2D eigenvalue weighted by Gasteiger charge is -2.37. The number of carbonyl (C=O) groups is 1. The molecule has 6 aromatic rings. The van der Waals surface area contributed by atoms with E-state index < -0.39 is 11.6 Å². The first-order valence-corrected chi connectivity index (χ1v) is 14.4. The topological polar surface area (TPSA) is 67.2 Å². The van der Waals surface area contributed by atoms with Gasteiger partial charge in [-0.05, 0) is 45.5 Å². The second-order valence-electron chi connectivity index (χ2n) is 10.6. The third kappa shape index (κ3) is 5.51. The predicted octanol–water partition coefficient (Wildman–Crippen LogP) is 7.03. The highest BCUT2D eigenvalue weighted by atomic mass is 16.3. The number of imidazole rings is 1. The molecular weight excluding hydrogens is 530 g/mol. The molecule has 0 aliphatic rings. The number of aromatic nitrogens is 2. The molecule has 1 amide bonds. The molecule has 0 fully saturated rings. The lowest BCUT2D eigenvalue weighted by molar-refractivity contribution is 0.0963. The van der Waals surface area contributed by atoms with Gasteiger partial charge < -0.3 is 15.0 Å². The summed E-state index contributed by atoms with van der Waals surface area (Å²) in [5.41, 5.74) is 6.84. The van der Waals surface area contributed by atoms with Crippen LogP contribution in [-0.4, -0.2) is 27.6 Å². The molecule has 5 nitrogen and oxygen atoms in total. The van der Waals surface area contributed by atoms with Crippen molar-refractivity contribution in [1.29, 1.82) is 0 Å². The minimum Gasteiger partial charge on any atom is -0.388 e. The third-order valence-electron chi connectivity index (χ3n) is 7.98. The van der Waals surface area contributed by atoms with E-state index in [1.54, 1.807) is 13.1 Å². The van der Waals surface area contributed by atoms with Gasteiger partial charge in [-0.3, -0.25) is 4.79 Å². The first kappa shape index (κ1) is 27.9. The van der Waals surface area contributed by atoms with Crippen LogP contribution in [0.15, 0.2) is 152 Å². The van der Waals surface area contributed by atoms with Gasteiger partial charge in [0.05, 0.1) is 18.1 Å². The molecule has 6 rings (SSSR count). The highest BCUT2D eigenvalue weighted by Crippen LogP contribution is 2.41. The summed E-state index contributed by atoms with van der Waals surface area (Å²) in [4.78, 5) is 16.9. The van der Waals surface area contributed by atoms with Crippen molar-refractivity contribution in [3.05, 3.63) is 186 Å². The highest BCUT2D eigenvalue weighted by Gasteiger charge is 2.38. The van der Waals surface area contributed by atoms with Gasteiger partial charge in [-0.25, -0.2) is 4.98 Å². The van der Waals surface area contributed by atoms with Crippen LogP contribution in [0.2, 0.25) is 0 Å². The molecule has 0 aliphatic heterocycles. The van der Waals surface area contributed by atoms with Gasteiger partial charge in [-0.1, -0.05) is 127 Å². The van der Waals surface area contributed by atoms with Gasteiger partial charge in [0.2, 0.25) is 0 Å². The molecule has 212 valence electrons. The van der Waals surface area contributed by atoms with Crippen molar-refractivity contribution >= 4 is 5.91 Å². The monoisotopic (exact) mass is 563 g/mol. The van der Waals surface area contributed by atoms with E-state index in [1.165, 1.54) is 0 Å². The Hall–Kier alpha value is -5.26. The fourth-order valence-corrected chi connectivity index (χ4v) is 5.84. The van der Waals surface area contributed by atoms with Crippen molar-refractivity contribution in [2.45, 2.75) is 18.1 Å². The van der Waals surface area contributed by atoms with Crippen LogP contribution < -0.4 is 5.32 Å². The smallest absolute Gasteiger partial charge is 0.251 e. The molecule has 2 N–H and O–H groups in total. The van der Waals surface area contributed by atoms with Crippen molar-refractivity contribution in [1.82, 2.24) is 14.9 Å². The summed E-state index contributed by atoms with van der Waals surface area (Å²) >= 11 is 0. The number of carbonyl (C=O) groups excluding carboxylic acids is 1. The van der Waals surface area contributed by atoms with Crippen LogP contribution in [-0.2, 0) is 12.0 Å². The second kappa shape index (κ2) is 12.3. The normalized spacial score (nSPS) is 12.0. The van der Waals surface area contributed by atoms with E-state index in [1.807, 2.05) is 67.0 Å². The van der Waals surface area contributed by atoms with E-state index in [0.717, 1.165) is 39.1 Å². The lowest BCUT2D eigenvalue weighted by Crippen LogP contribution is -2.36. The molecule has 0 spiro atoms. The highest BCUT2D eigenvalue weighted by molar-refractivity contribution is 5.95. The number of hydrogen-bond acceptors (Lipinski definition) is 3. The van der Waals surface area contributed by atoms with Crippen LogP contribution in [0, 0.1) is 0 Å². The van der Waals surface area contributed by atoms with Crippen LogP contribution in [0.4, 0.5) is 0 Å². The summed E-state index contributed by atoms with van der Waals surface area (Å²) in [6.07, 6.45) is 3.56. The van der Waals surface area contributed by atoms with E-state index in [-0.39, 0.29) is 5.91 Å². The third-order valence-corrected chi connectivity index (χ3v) is 7.98. The Labute approximate surface area is 252 Å². The lowest BCUT2D eigenvalue weighted by atomic mass is 9.77. The van der Waals surface area contributed by atoms with E-state index >= 15 is 0 Å². The van der Waals surface area contributed by atoms with Crippen molar-refractivity contribution in [2.75, 3.05) is 7.05 Å². The zero-order chi connectivity index (χ0) is 29.6. The number of rotatable bonds is 9. The molecular formula is C38H33N3O2. The van der Waals surface area contributed by atoms with Gasteiger partial charge in [-0.2, -0.15) is 0 Å². The quantitative estimate of drug-likeness (QED) is 0.186. The predicted molar refractivity (Wildman–Crippen MR) is 171 cm³/mol. The molecule has 1 atom stereocenters. The number of benzene rings is 5. The molecule has 1 unspecified atom stereocenters. The zero-order valence-corrected chi connectivity index (χ0v) is 24.0. The van der Waals surface area contributed by atoms with Gasteiger partial charge in [0.25, 0.3) is 5.91 Å². The minimum atomic E-state index is -0.728. The summed E-state index contributed by atoms with van der Waals surface area (Å²) < 4.78 is 2.16. The summed E-state index contributed by atoms with van der Waals surface area (Å²) in [6.45, 7) is 0. The SMILES string of the molecule is CNC(=O)c1cccc(-c2ccc(C(O)Cc3cn(C(c4ccccc4)(c4ccccc4)c4ccccc4)cn3)cc2)c1. The Bertz CT molecular complexity index is 1700. The number of nitrogens with zero attached hydrogens (tertiary/aromatic N) is 2. The van der Waals surface area contributed by atoms with Crippen molar-refractivity contribution in [2.24, 2.45) is 0 Å². The fraction of sp³-hybridized carbons (Fsp3) is 0.105. The van der Waals surface area contributed by atoms with E-state index in [2.05, 4.69) is 88.9 Å². The Morgan fingerprint density at radius 2 is 1.30 bits per heavy atom. The van der Waals surface area contributed by atoms with E-state index in [9.17, 15) is 9.90 Å². The van der Waals surface area contributed by atoms with Crippen LogP contribution in [0.1, 0.15) is 44.4 Å². The molecule has 0 saturated heterocycles. The molecule has 5 heteroatoms. The number of aliphatic hydroxyl groups excluding tert-OH is 1. The Morgan fingerprint density at radius 1 is 0.744 bits per heavy atom. The van der Waals surface area contributed by atoms with E-state index in [4.69, 9.17) is 4.98 Å². The largest absolute Gasteiger partial charge is 0.388 e. The van der Waals surface area contributed by atoms with E-state index in [0.29, 0.717) is 12.0 Å². The standard InChI is InChI=1S/C38H33N3O2/c1-39-37(43)31-13-11-12-30(24-31)28-20-22-29(23-21-28)36(42)25-35-26-41(27-40-35)38(32-14-5-2-6-15-32,33-16-7-3-8-17-33)34-18-9-4-10-19-34/h2-24,26-27,36,42H,25H2,1H3,(H,39,43). The maximum atomic E-state index is 12.1. The minimum absolute atomic E-state index is 0.121. The van der Waals surface area contributed by atoms with Crippen LogP contribution in [0.25, 0.3) is 11.1 Å². The van der Waals surface area contributed by atoms with Crippen molar-refractivity contribution in [3.8, 4) is 11.1 Å². The molecule has 0 radical (unpaired) electrons. The van der Waals surface area contributed by atoms with Crippen LogP contribution in [0.5, 0.6) is 0 Å². The van der Waals surface area contributed by atoms with Gasteiger partial charge in [0, 0.05) is 25.2 Å². The Balaban J connectivity index is 1.32. The van der Waals surface area contributed by atoms with Gasteiger partial charge in [-0.15, -0.1) is 0 Å². The number of hydrogen-bond donors (Lipinski definition) is 2. The van der Waals surface area contributed by atoms with Gasteiger partial charge >= 0.3 is 0 Å². The maximum Gasteiger partial charge on any atom is 0.251 e. The molecule has 1 heterocycles. The zero-order valence-electron chi connectivity index (χ0n) is 24.0. The summed E-state index contributed by atoms with van der Waals surface area (Å²) in [6, 6.07) is 46.7. The molecule has 0 saturated carbocycles. The Kier molecular flexibility index (Phi) is 7.98. The van der Waals surface area contributed by atoms with Crippen molar-refractivity contribution in [3.63, 3.8) is 0 Å². The molecule has 0 aliphatic carbocycles. The first-order valence-electron chi connectivity index (χ1n) is 14.4. The molecule has 43 heavy (non-hydrogen) atoms. The molecule has 1 aromatic heterocycles. The second-order valence-corrected chi connectivity index (χ2v) is 10.6. The summed E-state index contributed by atoms with van der Waals surface area (Å²) in [5, 5.41) is 13.9. The molecule has 5 aromatic carbocycles. The summed E-state index contributed by atoms with van der Waals surface area (Å²) in [7, 11) is 1.62. The van der Waals surface area contributed by atoms with Crippen LogP contribution in [0.3, 0.4) is 0 Å². The average Bonchev–Trinajstić information content (AvgIpc) is 3.54. The average molecular weight is 564 g/mol. The van der Waals surface area contributed by atoms with Crippen LogP contribution >= 0.6 is 0 Å². The van der Waals surface area contributed by atoms with Gasteiger partial charge in [0.1, 0.15) is 5.54 Å². The summed E-state index contributed by atoms with van der Waals surface area (Å²) in [5.74, 6) is -0.121. The fourth-order valence-electron chi connectivity index (χ4n) is 5.84. The number of aliphatic hydroxyl groups is 1. The number of nitrogens with one attached hydrogen (secondary N) is 1. The molecule has 0 bridgehead atoms.